The Labute approximate surface area is 217 Å². The number of carbonyl (C=O) groups is 2. The number of hydrogen-bond donors (Lipinski definition) is 5. The Balaban J connectivity index is 1.70. The number of urea groups is 1. The van der Waals surface area contributed by atoms with Gasteiger partial charge < -0.3 is 35.1 Å². The Morgan fingerprint density at radius 3 is 2.71 bits per heavy atom. The number of ether oxygens (including phenoxy) is 3. The quantitative estimate of drug-likeness (QED) is 0.0942. The number of esters is 1. The van der Waals surface area contributed by atoms with Crippen molar-refractivity contribution in [1.82, 2.24) is 16.1 Å². The van der Waals surface area contributed by atoms with Gasteiger partial charge in [-0.25, -0.2) is 9.59 Å². The second-order valence-corrected chi connectivity index (χ2v) is 7.92. The number of nitrogens with one attached hydrogen (secondary N) is 3. The average Bonchev–Trinajstić information content (AvgIpc) is 2.88. The van der Waals surface area contributed by atoms with Gasteiger partial charge >= 0.3 is 17.7 Å². The molecule has 5 N–H and O–H groups in total. The number of aliphatic hydroxyl groups is 1. The van der Waals surface area contributed by atoms with Gasteiger partial charge in [0.25, 0.3) is 0 Å². The highest BCUT2D eigenvalue weighted by molar-refractivity contribution is 5.95. The molecule has 1 aliphatic heterocycles. The maximum atomic E-state index is 12.3. The van der Waals surface area contributed by atoms with Crippen LogP contribution in [0.5, 0.6) is 17.2 Å². The first-order valence-corrected chi connectivity index (χ1v) is 11.3. The molecule has 38 heavy (non-hydrogen) atoms. The minimum atomic E-state index is -1.26. The van der Waals surface area contributed by atoms with Crippen LogP contribution in [-0.2, 0) is 9.53 Å². The zero-order valence-corrected chi connectivity index (χ0v) is 20.8. The predicted octanol–water partition coefficient (Wildman–Crippen LogP) is 1.82. The summed E-state index contributed by atoms with van der Waals surface area (Å²) in [4.78, 5) is 34.6. The van der Waals surface area contributed by atoms with E-state index in [1.54, 1.807) is 32.0 Å². The van der Waals surface area contributed by atoms with E-state index < -0.39 is 40.6 Å². The van der Waals surface area contributed by atoms with Gasteiger partial charge in [-0.15, -0.1) is 0 Å². The van der Waals surface area contributed by atoms with E-state index >= 15 is 0 Å². The number of rotatable bonds is 11. The SMILES string of the molecule is CCOc1cc([C@H]2NC(=O)NC(C)=C2C(=O)OC)ccc1OC[C@@H](O)N/N=C\c1ccc(O)c([N+](=O)[O-])c1. The standard InChI is InChI=1S/C24H27N5O9/c1-4-37-19-10-15(22-21(23(32)36-3)13(2)26-24(33)27-22)6-8-18(19)38-12-20(31)28-25-11-14-5-7-17(30)16(9-14)29(34)35/h5-11,20,22,28,30-31H,4,12H2,1-3H3,(H2,26,27,33)/b25-11-/t20-,22-/m1/s1. The fourth-order valence-corrected chi connectivity index (χ4v) is 3.59. The van der Waals surface area contributed by atoms with Crippen molar-refractivity contribution in [2.75, 3.05) is 20.3 Å². The van der Waals surface area contributed by atoms with Gasteiger partial charge in [0.15, 0.2) is 23.5 Å². The van der Waals surface area contributed by atoms with E-state index in [1.165, 1.54) is 25.5 Å². The topological polar surface area (TPSA) is 194 Å². The van der Waals surface area contributed by atoms with Crippen molar-refractivity contribution in [3.05, 3.63) is 68.9 Å². The van der Waals surface area contributed by atoms with Crippen LogP contribution < -0.4 is 25.5 Å². The van der Waals surface area contributed by atoms with Gasteiger partial charge in [0, 0.05) is 17.3 Å². The Kier molecular flexibility index (Phi) is 9.05. The zero-order valence-electron chi connectivity index (χ0n) is 20.8. The summed E-state index contributed by atoms with van der Waals surface area (Å²) in [7, 11) is 1.25. The van der Waals surface area contributed by atoms with Crippen LogP contribution in [-0.4, -0.2) is 59.9 Å². The fraction of sp³-hybridized carbons (Fsp3) is 0.292. The molecular weight excluding hydrogens is 502 g/mol. The van der Waals surface area contributed by atoms with Gasteiger partial charge in [0.05, 0.1) is 36.5 Å². The summed E-state index contributed by atoms with van der Waals surface area (Å²) in [6.45, 7) is 3.41. The van der Waals surface area contributed by atoms with E-state index in [1.807, 2.05) is 0 Å². The second-order valence-electron chi connectivity index (χ2n) is 7.92. The highest BCUT2D eigenvalue weighted by Gasteiger charge is 2.32. The summed E-state index contributed by atoms with van der Waals surface area (Å²) in [6.07, 6.45) is -0.0228. The minimum Gasteiger partial charge on any atom is -0.502 e. The summed E-state index contributed by atoms with van der Waals surface area (Å²) in [5.74, 6) is -0.475. The predicted molar refractivity (Wildman–Crippen MR) is 134 cm³/mol. The molecule has 0 bridgehead atoms. The average molecular weight is 530 g/mol. The van der Waals surface area contributed by atoms with Crippen LogP contribution in [0.4, 0.5) is 10.5 Å². The first-order chi connectivity index (χ1) is 18.1. The lowest BCUT2D eigenvalue weighted by molar-refractivity contribution is -0.385. The van der Waals surface area contributed by atoms with Gasteiger partial charge in [-0.1, -0.05) is 6.07 Å². The third kappa shape index (κ3) is 6.67. The number of nitro groups is 1. The Hall–Kier alpha value is -4.85. The van der Waals surface area contributed by atoms with Gasteiger partial charge in [0.2, 0.25) is 0 Å². The second kappa shape index (κ2) is 12.4. The third-order valence-corrected chi connectivity index (χ3v) is 5.31. The molecule has 0 aromatic heterocycles. The van der Waals surface area contributed by atoms with Crippen molar-refractivity contribution in [1.29, 1.82) is 0 Å². The van der Waals surface area contributed by atoms with E-state index in [2.05, 4.69) is 21.2 Å². The maximum absolute atomic E-state index is 12.3. The van der Waals surface area contributed by atoms with Crippen molar-refractivity contribution in [3.8, 4) is 17.2 Å². The van der Waals surface area contributed by atoms with E-state index in [4.69, 9.17) is 14.2 Å². The molecule has 2 amide bonds. The molecule has 1 aliphatic rings. The van der Waals surface area contributed by atoms with Gasteiger partial charge in [0.1, 0.15) is 6.61 Å². The van der Waals surface area contributed by atoms with Crippen molar-refractivity contribution in [2.24, 2.45) is 5.10 Å². The molecule has 14 nitrogen and oxygen atoms in total. The number of aliphatic hydroxyl groups excluding tert-OH is 1. The van der Waals surface area contributed by atoms with Crippen LogP contribution in [0, 0.1) is 10.1 Å². The molecule has 2 atom stereocenters. The number of phenols is 1. The number of nitrogens with zero attached hydrogens (tertiary/aromatic N) is 2. The smallest absolute Gasteiger partial charge is 0.337 e. The molecule has 0 fully saturated rings. The highest BCUT2D eigenvalue weighted by atomic mass is 16.6. The van der Waals surface area contributed by atoms with Crippen LogP contribution in [0.3, 0.4) is 0 Å². The molecule has 0 aliphatic carbocycles. The first-order valence-electron chi connectivity index (χ1n) is 11.3. The van der Waals surface area contributed by atoms with E-state index in [-0.39, 0.29) is 17.9 Å². The molecule has 0 unspecified atom stereocenters. The van der Waals surface area contributed by atoms with Crippen LogP contribution in [0.1, 0.15) is 31.0 Å². The molecule has 0 radical (unpaired) electrons. The Morgan fingerprint density at radius 1 is 1.26 bits per heavy atom. The number of hydrazone groups is 1. The molecule has 0 saturated carbocycles. The normalized spacial score (nSPS) is 15.9. The molecule has 0 saturated heterocycles. The van der Waals surface area contributed by atoms with E-state index in [0.29, 0.717) is 29.2 Å². The van der Waals surface area contributed by atoms with Crippen molar-refractivity contribution >= 4 is 23.9 Å². The van der Waals surface area contributed by atoms with Crippen LogP contribution >= 0.6 is 0 Å². The minimum absolute atomic E-state index is 0.236. The number of allylic oxidation sites excluding steroid dienone is 1. The lowest BCUT2D eigenvalue weighted by Gasteiger charge is -2.28. The third-order valence-electron chi connectivity index (χ3n) is 5.31. The summed E-state index contributed by atoms with van der Waals surface area (Å²) >= 11 is 0. The summed E-state index contributed by atoms with van der Waals surface area (Å²) in [5.41, 5.74) is 3.42. The number of hydrogen-bond acceptors (Lipinski definition) is 11. The highest BCUT2D eigenvalue weighted by Crippen LogP contribution is 2.35. The number of aromatic hydroxyl groups is 1. The van der Waals surface area contributed by atoms with Crippen molar-refractivity contribution in [2.45, 2.75) is 26.1 Å². The van der Waals surface area contributed by atoms with Gasteiger partial charge in [-0.2, -0.15) is 5.10 Å². The number of benzene rings is 2. The molecular formula is C24H27N5O9. The number of amides is 2. The summed E-state index contributed by atoms with van der Waals surface area (Å²) in [6, 6.07) is 7.27. The summed E-state index contributed by atoms with van der Waals surface area (Å²) in [5, 5.41) is 39.7. The Bertz CT molecular complexity index is 1280. The first kappa shape index (κ1) is 27.7. The van der Waals surface area contributed by atoms with E-state index in [0.717, 1.165) is 6.07 Å². The van der Waals surface area contributed by atoms with Gasteiger partial charge in [-0.3, -0.25) is 15.5 Å². The van der Waals surface area contributed by atoms with Crippen LogP contribution in [0.25, 0.3) is 0 Å². The van der Waals surface area contributed by atoms with Crippen molar-refractivity contribution < 1.29 is 38.9 Å². The zero-order chi connectivity index (χ0) is 27.8. The van der Waals surface area contributed by atoms with Crippen LogP contribution in [0.2, 0.25) is 0 Å². The molecule has 14 heteroatoms. The monoisotopic (exact) mass is 529 g/mol. The summed E-state index contributed by atoms with van der Waals surface area (Å²) < 4.78 is 16.2. The Morgan fingerprint density at radius 2 is 2.03 bits per heavy atom. The number of nitro benzene ring substituents is 1. The molecule has 1 heterocycles. The van der Waals surface area contributed by atoms with E-state index in [9.17, 15) is 29.9 Å². The maximum Gasteiger partial charge on any atom is 0.337 e. The molecule has 2 aromatic rings. The van der Waals surface area contributed by atoms with Gasteiger partial charge in [-0.05, 0) is 43.7 Å². The lowest BCUT2D eigenvalue weighted by Crippen LogP contribution is -2.45. The number of phenolic OH excluding ortho intramolecular Hbond substituents is 1. The number of methoxy groups -OCH3 is 1. The largest absolute Gasteiger partial charge is 0.502 e. The molecule has 2 aromatic carbocycles. The number of carbonyl (C=O) groups excluding carboxylic acids is 2. The lowest BCUT2D eigenvalue weighted by atomic mass is 9.95. The van der Waals surface area contributed by atoms with Crippen molar-refractivity contribution in [3.63, 3.8) is 0 Å². The van der Waals surface area contributed by atoms with Crippen LogP contribution in [0.15, 0.2) is 52.8 Å². The fourth-order valence-electron chi connectivity index (χ4n) is 3.59. The molecule has 0 spiro atoms. The molecule has 202 valence electrons. The molecule has 3 rings (SSSR count).